The summed E-state index contributed by atoms with van der Waals surface area (Å²) in [5.41, 5.74) is 3.00. The number of nitrogens with zero attached hydrogens (tertiary/aromatic N) is 2. The van der Waals surface area contributed by atoms with Crippen molar-refractivity contribution < 1.29 is 14.3 Å². The minimum atomic E-state index is -0.592. The molecule has 2 aromatic rings. The van der Waals surface area contributed by atoms with E-state index in [0.29, 0.717) is 18.7 Å². The van der Waals surface area contributed by atoms with Gasteiger partial charge in [-0.3, -0.25) is 9.59 Å². The molecule has 1 atom stereocenters. The third-order valence-electron chi connectivity index (χ3n) is 5.02. The van der Waals surface area contributed by atoms with E-state index in [1.807, 2.05) is 42.5 Å². The van der Waals surface area contributed by atoms with Gasteiger partial charge in [-0.2, -0.15) is 0 Å². The lowest BCUT2D eigenvalue weighted by Gasteiger charge is -2.23. The summed E-state index contributed by atoms with van der Waals surface area (Å²) in [5.74, 6) is 0.702. The Kier molecular flexibility index (Phi) is 4.37. The van der Waals surface area contributed by atoms with E-state index in [2.05, 4.69) is 6.07 Å². The predicted molar refractivity (Wildman–Crippen MR) is 101 cm³/mol. The van der Waals surface area contributed by atoms with Crippen molar-refractivity contribution in [2.45, 2.75) is 32.3 Å². The van der Waals surface area contributed by atoms with Gasteiger partial charge in [0.25, 0.3) is 5.91 Å². The minimum absolute atomic E-state index is 0.0439. The van der Waals surface area contributed by atoms with Crippen molar-refractivity contribution in [2.24, 2.45) is 0 Å². The highest BCUT2D eigenvalue weighted by Gasteiger charge is 2.29. The number of carbonyl (C=O) groups excluding carboxylic acids is 2. The molecule has 0 aromatic heterocycles. The molecule has 1 fully saturated rings. The summed E-state index contributed by atoms with van der Waals surface area (Å²) < 4.78 is 5.91. The van der Waals surface area contributed by atoms with Crippen LogP contribution in [0.3, 0.4) is 0 Å². The molecular weight excluding hydrogens is 328 g/mol. The Morgan fingerprint density at radius 3 is 2.73 bits per heavy atom. The number of anilines is 2. The van der Waals surface area contributed by atoms with Crippen molar-refractivity contribution in [1.82, 2.24) is 0 Å². The van der Waals surface area contributed by atoms with Crippen molar-refractivity contribution in [3.8, 4) is 5.75 Å². The zero-order chi connectivity index (χ0) is 18.1. The molecule has 0 saturated carbocycles. The van der Waals surface area contributed by atoms with Gasteiger partial charge in [0.1, 0.15) is 5.75 Å². The number of hydrogen-bond donors (Lipinski definition) is 0. The average molecular weight is 350 g/mol. The summed E-state index contributed by atoms with van der Waals surface area (Å²) in [6.45, 7) is 3.20. The Hall–Kier alpha value is -2.82. The standard InChI is InChI=1S/C21H22N2O3/c1-15(21(25)23-13-11-16-6-2-3-9-19(16)23)26-18-8-4-7-17(14-18)22-12-5-10-20(22)24/h2-4,6-9,14-15H,5,10-13H2,1H3. The summed E-state index contributed by atoms with van der Waals surface area (Å²) in [5, 5.41) is 0. The van der Waals surface area contributed by atoms with E-state index in [0.717, 1.165) is 30.8 Å². The number of rotatable bonds is 4. The number of carbonyl (C=O) groups is 2. The van der Waals surface area contributed by atoms with Gasteiger partial charge in [0, 0.05) is 37.0 Å². The molecule has 5 nitrogen and oxygen atoms in total. The van der Waals surface area contributed by atoms with Crippen molar-refractivity contribution in [3.63, 3.8) is 0 Å². The number of para-hydroxylation sites is 1. The molecule has 26 heavy (non-hydrogen) atoms. The molecule has 2 aliphatic heterocycles. The zero-order valence-electron chi connectivity index (χ0n) is 14.9. The normalized spacial score (nSPS) is 17.3. The second-order valence-electron chi connectivity index (χ2n) is 6.77. The number of hydrogen-bond acceptors (Lipinski definition) is 3. The molecule has 0 radical (unpaired) electrons. The Morgan fingerprint density at radius 2 is 1.92 bits per heavy atom. The van der Waals surface area contributed by atoms with Crippen LogP contribution in [0.4, 0.5) is 11.4 Å². The average Bonchev–Trinajstić information content (AvgIpc) is 3.27. The van der Waals surface area contributed by atoms with E-state index in [1.54, 1.807) is 16.7 Å². The lowest BCUT2D eigenvalue weighted by Crippen LogP contribution is -2.39. The number of ether oxygens (including phenoxy) is 1. The van der Waals surface area contributed by atoms with Crippen molar-refractivity contribution in [1.29, 1.82) is 0 Å². The van der Waals surface area contributed by atoms with Crippen LogP contribution in [0.1, 0.15) is 25.3 Å². The van der Waals surface area contributed by atoms with E-state index >= 15 is 0 Å². The molecule has 4 rings (SSSR count). The number of amides is 2. The van der Waals surface area contributed by atoms with Gasteiger partial charge in [-0.05, 0) is 43.5 Å². The second-order valence-corrected chi connectivity index (χ2v) is 6.77. The highest BCUT2D eigenvalue weighted by atomic mass is 16.5. The van der Waals surface area contributed by atoms with Crippen LogP contribution in [-0.4, -0.2) is 31.0 Å². The van der Waals surface area contributed by atoms with Crippen LogP contribution in [0.25, 0.3) is 0 Å². The lowest BCUT2D eigenvalue weighted by atomic mass is 10.2. The van der Waals surface area contributed by atoms with Crippen LogP contribution >= 0.6 is 0 Å². The second kappa shape index (κ2) is 6.83. The fourth-order valence-electron chi connectivity index (χ4n) is 3.69. The Bertz CT molecular complexity index is 849. The molecule has 1 saturated heterocycles. The van der Waals surface area contributed by atoms with Crippen molar-refractivity contribution in [3.05, 3.63) is 54.1 Å². The first-order valence-corrected chi connectivity index (χ1v) is 9.10. The molecule has 5 heteroatoms. The van der Waals surface area contributed by atoms with E-state index in [9.17, 15) is 9.59 Å². The van der Waals surface area contributed by atoms with Gasteiger partial charge in [0.15, 0.2) is 6.10 Å². The van der Waals surface area contributed by atoms with Crippen LogP contribution in [0, 0.1) is 0 Å². The topological polar surface area (TPSA) is 49.9 Å². The van der Waals surface area contributed by atoms with Gasteiger partial charge < -0.3 is 14.5 Å². The summed E-state index contributed by atoms with van der Waals surface area (Å²) in [6.07, 6.45) is 1.76. The molecule has 2 aromatic carbocycles. The van der Waals surface area contributed by atoms with Crippen molar-refractivity contribution in [2.75, 3.05) is 22.9 Å². The number of fused-ring (bicyclic) bond motifs is 1. The lowest BCUT2D eigenvalue weighted by molar-refractivity contribution is -0.124. The van der Waals surface area contributed by atoms with Crippen LogP contribution in [0.15, 0.2) is 48.5 Å². The van der Waals surface area contributed by atoms with Gasteiger partial charge in [0.05, 0.1) is 0 Å². The molecular formula is C21H22N2O3. The van der Waals surface area contributed by atoms with E-state index in [4.69, 9.17) is 4.74 Å². The van der Waals surface area contributed by atoms with Gasteiger partial charge in [-0.25, -0.2) is 0 Å². The van der Waals surface area contributed by atoms with Crippen LogP contribution in [0.5, 0.6) is 5.75 Å². The molecule has 0 bridgehead atoms. The third kappa shape index (κ3) is 3.05. The van der Waals surface area contributed by atoms with Crippen molar-refractivity contribution >= 4 is 23.2 Å². The Labute approximate surface area is 153 Å². The van der Waals surface area contributed by atoms with Gasteiger partial charge in [-0.1, -0.05) is 24.3 Å². The Morgan fingerprint density at radius 1 is 1.08 bits per heavy atom. The van der Waals surface area contributed by atoms with Crippen LogP contribution < -0.4 is 14.5 Å². The first kappa shape index (κ1) is 16.6. The smallest absolute Gasteiger partial charge is 0.267 e. The molecule has 2 heterocycles. The maximum Gasteiger partial charge on any atom is 0.267 e. The maximum atomic E-state index is 12.8. The number of benzene rings is 2. The first-order chi connectivity index (χ1) is 12.6. The summed E-state index contributed by atoms with van der Waals surface area (Å²) in [6, 6.07) is 15.4. The maximum absolute atomic E-state index is 12.8. The molecule has 2 amide bonds. The molecule has 0 spiro atoms. The quantitative estimate of drug-likeness (QED) is 0.851. The Balaban J connectivity index is 1.47. The largest absolute Gasteiger partial charge is 0.481 e. The minimum Gasteiger partial charge on any atom is -0.481 e. The summed E-state index contributed by atoms with van der Waals surface area (Å²) in [4.78, 5) is 28.3. The predicted octanol–water partition coefficient (Wildman–Crippen LogP) is 3.17. The molecule has 0 aliphatic carbocycles. The molecule has 1 unspecified atom stereocenters. The van der Waals surface area contributed by atoms with E-state index < -0.39 is 6.10 Å². The van der Waals surface area contributed by atoms with Crippen LogP contribution in [-0.2, 0) is 16.0 Å². The molecule has 0 N–H and O–H groups in total. The third-order valence-corrected chi connectivity index (χ3v) is 5.02. The summed E-state index contributed by atoms with van der Waals surface area (Å²) in [7, 11) is 0. The fourth-order valence-corrected chi connectivity index (χ4v) is 3.69. The summed E-state index contributed by atoms with van der Waals surface area (Å²) >= 11 is 0. The van der Waals surface area contributed by atoms with E-state index in [1.165, 1.54) is 5.56 Å². The van der Waals surface area contributed by atoms with Gasteiger partial charge in [-0.15, -0.1) is 0 Å². The van der Waals surface area contributed by atoms with Gasteiger partial charge in [0.2, 0.25) is 5.91 Å². The monoisotopic (exact) mass is 350 g/mol. The molecule has 134 valence electrons. The fraction of sp³-hybridized carbons (Fsp3) is 0.333. The zero-order valence-corrected chi connectivity index (χ0v) is 14.9. The SMILES string of the molecule is CC(Oc1cccc(N2CCCC2=O)c1)C(=O)N1CCc2ccccc21. The van der Waals surface area contributed by atoms with Crippen LogP contribution in [0.2, 0.25) is 0 Å². The van der Waals surface area contributed by atoms with Gasteiger partial charge >= 0.3 is 0 Å². The first-order valence-electron chi connectivity index (χ1n) is 9.10. The highest BCUT2D eigenvalue weighted by molar-refractivity contribution is 5.98. The highest BCUT2D eigenvalue weighted by Crippen LogP contribution is 2.29. The van der Waals surface area contributed by atoms with E-state index in [-0.39, 0.29) is 11.8 Å². The molecule has 2 aliphatic rings.